The molecule has 7 heteroatoms. The summed E-state index contributed by atoms with van der Waals surface area (Å²) in [5.41, 5.74) is 15.9. The van der Waals surface area contributed by atoms with Crippen molar-refractivity contribution >= 4 is 64.7 Å². The van der Waals surface area contributed by atoms with Gasteiger partial charge in [-0.15, -0.1) is 0 Å². The van der Waals surface area contributed by atoms with Gasteiger partial charge in [-0.25, -0.2) is 0 Å². The van der Waals surface area contributed by atoms with Gasteiger partial charge >= 0.3 is 7.44 Å². The van der Waals surface area contributed by atoms with Gasteiger partial charge in [-0.2, -0.15) is 0 Å². The first-order valence-electron chi connectivity index (χ1n) is 22.3. The third kappa shape index (κ3) is 6.64. The van der Waals surface area contributed by atoms with Crippen LogP contribution in [0.2, 0.25) is 0 Å². The van der Waals surface area contributed by atoms with E-state index in [-0.39, 0.29) is 5.41 Å². The topological polar surface area (TPSA) is 47.1 Å². The normalized spacial score (nSPS) is 15.4. The highest BCUT2D eigenvalue weighted by Crippen LogP contribution is 2.70. The van der Waals surface area contributed by atoms with Crippen LogP contribution in [-0.4, -0.2) is 13.5 Å². The van der Waals surface area contributed by atoms with E-state index in [0.717, 1.165) is 79.5 Å². The molecule has 1 aliphatic carbocycles. The van der Waals surface area contributed by atoms with Gasteiger partial charge in [0.1, 0.15) is 0 Å². The second-order valence-corrected chi connectivity index (χ2v) is 19.8. The first kappa shape index (κ1) is 40.8. The second kappa shape index (κ2) is 16.3. The Morgan fingerprint density at radius 3 is 1.44 bits per heavy atom. The Bertz CT molecular complexity index is 3310. The number of para-hydroxylation sites is 4. The van der Waals surface area contributed by atoms with E-state index in [1.54, 1.807) is 4.90 Å². The van der Waals surface area contributed by atoms with Crippen molar-refractivity contribution in [2.45, 2.75) is 19.3 Å². The molecule has 0 N–H and O–H groups in total. The number of benzene rings is 9. The number of amides is 1. The molecule has 0 radical (unpaired) electrons. The number of anilines is 8. The summed E-state index contributed by atoms with van der Waals surface area (Å²) < 4.78 is 20.3. The van der Waals surface area contributed by atoms with Gasteiger partial charge in [-0.1, -0.05) is 141 Å². The minimum atomic E-state index is -3.49. The first-order chi connectivity index (χ1) is 32.3. The first-order valence-corrected chi connectivity index (χ1v) is 23.9. The third-order valence-electron chi connectivity index (χ3n) is 13.3. The van der Waals surface area contributed by atoms with Crippen molar-refractivity contribution in [3.63, 3.8) is 0 Å². The molecule has 11 rings (SSSR count). The Morgan fingerprint density at radius 2 is 0.894 bits per heavy atom. The molecule has 0 saturated carbocycles. The molecule has 66 heavy (non-hydrogen) atoms. The van der Waals surface area contributed by atoms with Crippen LogP contribution in [0.15, 0.2) is 224 Å². The highest BCUT2D eigenvalue weighted by Gasteiger charge is 2.49. The van der Waals surface area contributed by atoms with Gasteiger partial charge in [-0.3, -0.25) is 23.6 Å². The van der Waals surface area contributed by atoms with E-state index in [4.69, 9.17) is 0 Å². The van der Waals surface area contributed by atoms with Gasteiger partial charge in [0, 0.05) is 35.2 Å². The van der Waals surface area contributed by atoms with Crippen LogP contribution >= 0.6 is 7.44 Å². The highest BCUT2D eigenvalue weighted by atomic mass is 31.2. The summed E-state index contributed by atoms with van der Waals surface area (Å²) in [5.74, 6) is 0. The molecule has 0 saturated heterocycles. The minimum absolute atomic E-state index is 0.314. The summed E-state index contributed by atoms with van der Waals surface area (Å²) in [4.78, 5) is 16.8. The molecule has 9 aromatic carbocycles. The van der Waals surface area contributed by atoms with Gasteiger partial charge in [0.15, 0.2) is 0 Å². The minimum Gasteiger partial charge on any atom is -0.343 e. The maximum atomic E-state index is 16.1. The predicted molar refractivity (Wildman–Crippen MR) is 275 cm³/mol. The molecule has 2 aliphatic rings. The SMILES string of the molecule is CN(c1ccccc1)c1ccc(-c2ccc3c(c2)C(C)(C)c2cc(-c4ccc5c(c4)N(c4ccccc4)P(=O)(c4ccccc4)N5c4ccccc4)ccc2-3)cc1N(C=O)c1ccccc1. The molecule has 1 heterocycles. The number of hydrogen-bond donors (Lipinski definition) is 0. The lowest BCUT2D eigenvalue weighted by Crippen LogP contribution is -2.26. The lowest BCUT2D eigenvalue weighted by molar-refractivity contribution is -0.106. The summed E-state index contributed by atoms with van der Waals surface area (Å²) in [6, 6.07) is 76.6. The van der Waals surface area contributed by atoms with E-state index >= 15 is 4.57 Å². The molecule has 1 amide bonds. The van der Waals surface area contributed by atoms with Crippen molar-refractivity contribution in [1.82, 2.24) is 0 Å². The number of fused-ring (bicyclic) bond motifs is 4. The smallest absolute Gasteiger partial charge is 0.301 e. The van der Waals surface area contributed by atoms with Crippen LogP contribution in [0, 0.1) is 0 Å². The van der Waals surface area contributed by atoms with E-state index in [9.17, 15) is 4.79 Å². The fourth-order valence-corrected chi connectivity index (χ4v) is 12.9. The highest BCUT2D eigenvalue weighted by molar-refractivity contribution is 7.76. The summed E-state index contributed by atoms with van der Waals surface area (Å²) in [7, 11) is -1.45. The molecular formula is C59H47N4O2P. The molecule has 1 aliphatic heterocycles. The van der Waals surface area contributed by atoms with Gasteiger partial charge in [0.25, 0.3) is 0 Å². The van der Waals surface area contributed by atoms with Crippen LogP contribution < -0.4 is 24.4 Å². The van der Waals surface area contributed by atoms with Crippen molar-refractivity contribution in [2.75, 3.05) is 26.2 Å². The van der Waals surface area contributed by atoms with Crippen molar-refractivity contribution in [2.24, 2.45) is 0 Å². The van der Waals surface area contributed by atoms with E-state index in [1.165, 1.54) is 22.3 Å². The number of hydrogen-bond acceptors (Lipinski definition) is 3. The molecule has 0 spiro atoms. The van der Waals surface area contributed by atoms with Gasteiger partial charge in [0.05, 0.1) is 28.1 Å². The van der Waals surface area contributed by atoms with Crippen molar-refractivity contribution < 1.29 is 9.36 Å². The maximum absolute atomic E-state index is 16.1. The molecule has 9 aromatic rings. The number of nitrogens with zero attached hydrogens (tertiary/aromatic N) is 4. The number of rotatable bonds is 10. The molecule has 0 bridgehead atoms. The molecule has 0 aromatic heterocycles. The zero-order valence-electron chi connectivity index (χ0n) is 37.0. The molecule has 6 nitrogen and oxygen atoms in total. The van der Waals surface area contributed by atoms with Crippen LogP contribution in [-0.2, 0) is 14.8 Å². The standard InChI is InChI=1S/C59H47N4O2P/c1-59(2)53-37-42(44-31-35-55(60(3)46-19-9-4-10-20-46)57(39-44)61(41-64)47-21-11-5-12-22-47)29-33-51(53)52-34-30-43(38-54(52)59)45-32-36-56-58(40-45)63(49-25-15-7-16-26-49)66(65,50-27-17-8-18-28-50)62(56)48-23-13-6-14-24-48/h4-41H,1-3H3. The Kier molecular flexibility index (Phi) is 10.1. The van der Waals surface area contributed by atoms with Gasteiger partial charge < -0.3 is 4.90 Å². The van der Waals surface area contributed by atoms with Gasteiger partial charge in [0.2, 0.25) is 6.41 Å². The second-order valence-electron chi connectivity index (χ2n) is 17.4. The van der Waals surface area contributed by atoms with Crippen molar-refractivity contribution in [1.29, 1.82) is 0 Å². The zero-order chi connectivity index (χ0) is 45.0. The Balaban J connectivity index is 0.989. The summed E-state index contributed by atoms with van der Waals surface area (Å²) >= 11 is 0. The fraction of sp³-hybridized carbons (Fsp3) is 0.0678. The van der Waals surface area contributed by atoms with Crippen LogP contribution in [0.25, 0.3) is 33.4 Å². The van der Waals surface area contributed by atoms with E-state index in [1.807, 2.05) is 151 Å². The van der Waals surface area contributed by atoms with Crippen LogP contribution in [0.1, 0.15) is 25.0 Å². The van der Waals surface area contributed by atoms with E-state index in [0.29, 0.717) is 0 Å². The molecular weight excluding hydrogens is 828 g/mol. The molecule has 1 atom stereocenters. The van der Waals surface area contributed by atoms with Crippen LogP contribution in [0.4, 0.5) is 45.5 Å². The average Bonchev–Trinajstić information content (AvgIpc) is 3.78. The third-order valence-corrected chi connectivity index (χ3v) is 16.2. The lowest BCUT2D eigenvalue weighted by Gasteiger charge is -2.33. The quantitative estimate of drug-likeness (QED) is 0.101. The van der Waals surface area contributed by atoms with E-state index < -0.39 is 7.44 Å². The zero-order valence-corrected chi connectivity index (χ0v) is 37.9. The number of carbonyl (C=O) groups is 1. The predicted octanol–water partition coefficient (Wildman–Crippen LogP) is 15.2. The fourth-order valence-electron chi connectivity index (χ4n) is 9.93. The van der Waals surface area contributed by atoms with Crippen LogP contribution in [0.3, 0.4) is 0 Å². The Labute approximate surface area is 386 Å². The van der Waals surface area contributed by atoms with Crippen molar-refractivity contribution in [3.8, 4) is 33.4 Å². The lowest BCUT2D eigenvalue weighted by atomic mass is 9.81. The van der Waals surface area contributed by atoms with Gasteiger partial charge in [-0.05, 0) is 142 Å². The average molecular weight is 875 g/mol. The summed E-state index contributed by atoms with van der Waals surface area (Å²) in [6.07, 6.45) is 0.901. The summed E-state index contributed by atoms with van der Waals surface area (Å²) in [6.45, 7) is 4.62. The monoisotopic (exact) mass is 874 g/mol. The summed E-state index contributed by atoms with van der Waals surface area (Å²) in [5, 5.41) is 0.760. The van der Waals surface area contributed by atoms with Crippen molar-refractivity contribution in [3.05, 3.63) is 236 Å². The maximum Gasteiger partial charge on any atom is 0.301 e. The molecule has 1 unspecified atom stereocenters. The van der Waals surface area contributed by atoms with E-state index in [2.05, 4.69) is 108 Å². The largest absolute Gasteiger partial charge is 0.343 e. The number of carbonyl (C=O) groups excluding carboxylic acids is 1. The molecule has 0 fully saturated rings. The van der Waals surface area contributed by atoms with Crippen LogP contribution in [0.5, 0.6) is 0 Å². The molecule has 320 valence electrons. The Morgan fingerprint density at radius 1 is 0.455 bits per heavy atom. The Hall–Kier alpha value is -7.92.